The Labute approximate surface area is 109 Å². The Morgan fingerprint density at radius 1 is 1.39 bits per heavy atom. The SMILES string of the molecule is CCC(=O)c1ccccc1N(CCC#N)C(C)C. The molecule has 96 valence electrons. The van der Waals surface area contributed by atoms with Gasteiger partial charge in [-0.1, -0.05) is 19.1 Å². The van der Waals surface area contributed by atoms with Crippen molar-refractivity contribution in [3.8, 4) is 6.07 Å². The smallest absolute Gasteiger partial charge is 0.164 e. The third-order valence-corrected chi connectivity index (χ3v) is 2.92. The summed E-state index contributed by atoms with van der Waals surface area (Å²) in [4.78, 5) is 14.1. The van der Waals surface area contributed by atoms with Crippen LogP contribution in [0, 0.1) is 11.3 Å². The number of rotatable bonds is 6. The van der Waals surface area contributed by atoms with Crippen molar-refractivity contribution in [1.82, 2.24) is 0 Å². The van der Waals surface area contributed by atoms with Gasteiger partial charge in [-0.15, -0.1) is 0 Å². The van der Waals surface area contributed by atoms with Crippen LogP contribution in [-0.4, -0.2) is 18.4 Å². The van der Waals surface area contributed by atoms with Crippen LogP contribution >= 0.6 is 0 Å². The summed E-state index contributed by atoms with van der Waals surface area (Å²) in [5, 5.41) is 8.72. The van der Waals surface area contributed by atoms with Gasteiger partial charge in [-0.05, 0) is 26.0 Å². The first kappa shape index (κ1) is 14.2. The predicted octanol–water partition coefficient (Wildman–Crippen LogP) is 3.41. The minimum absolute atomic E-state index is 0.146. The molecule has 1 aromatic carbocycles. The van der Waals surface area contributed by atoms with E-state index in [2.05, 4.69) is 24.8 Å². The molecule has 0 saturated carbocycles. The standard InChI is InChI=1S/C15H20N2O/c1-4-15(18)13-8-5-6-9-14(13)17(12(2)3)11-7-10-16/h5-6,8-9,12H,4,7,11H2,1-3H3. The van der Waals surface area contributed by atoms with Crippen LogP contribution in [0.4, 0.5) is 5.69 Å². The number of hydrogen-bond donors (Lipinski definition) is 0. The van der Waals surface area contributed by atoms with Gasteiger partial charge in [0.2, 0.25) is 0 Å². The van der Waals surface area contributed by atoms with Crippen molar-refractivity contribution >= 4 is 11.5 Å². The minimum Gasteiger partial charge on any atom is -0.367 e. The number of anilines is 1. The molecule has 0 radical (unpaired) electrons. The second kappa shape index (κ2) is 6.80. The summed E-state index contributed by atoms with van der Waals surface area (Å²) < 4.78 is 0. The summed E-state index contributed by atoms with van der Waals surface area (Å²) in [6, 6.07) is 10.1. The van der Waals surface area contributed by atoms with Gasteiger partial charge in [0.15, 0.2) is 5.78 Å². The first-order valence-electron chi connectivity index (χ1n) is 6.37. The zero-order valence-corrected chi connectivity index (χ0v) is 11.3. The maximum atomic E-state index is 11.9. The van der Waals surface area contributed by atoms with Gasteiger partial charge < -0.3 is 4.90 Å². The number of nitrogens with zero attached hydrogens (tertiary/aromatic N) is 2. The molecule has 0 spiro atoms. The van der Waals surface area contributed by atoms with Gasteiger partial charge in [0.25, 0.3) is 0 Å². The van der Waals surface area contributed by atoms with Crippen molar-refractivity contribution in [2.45, 2.75) is 39.7 Å². The molecule has 1 aromatic rings. The van der Waals surface area contributed by atoms with Gasteiger partial charge in [0.1, 0.15) is 0 Å². The lowest BCUT2D eigenvalue weighted by molar-refractivity contribution is 0.0988. The van der Waals surface area contributed by atoms with E-state index >= 15 is 0 Å². The summed E-state index contributed by atoms with van der Waals surface area (Å²) in [6.07, 6.45) is 0.966. The van der Waals surface area contributed by atoms with Crippen LogP contribution in [0.3, 0.4) is 0 Å². The van der Waals surface area contributed by atoms with Gasteiger partial charge in [-0.25, -0.2) is 0 Å². The fourth-order valence-electron chi connectivity index (χ4n) is 1.98. The summed E-state index contributed by atoms with van der Waals surface area (Å²) >= 11 is 0. The zero-order chi connectivity index (χ0) is 13.5. The van der Waals surface area contributed by atoms with Crippen LogP contribution in [0.2, 0.25) is 0 Å². The summed E-state index contributed by atoms with van der Waals surface area (Å²) in [6.45, 7) is 6.67. The van der Waals surface area contributed by atoms with E-state index in [9.17, 15) is 4.79 Å². The van der Waals surface area contributed by atoms with E-state index in [1.807, 2.05) is 31.2 Å². The number of Topliss-reactive ketones (excluding diaryl/α,β-unsaturated/α-hetero) is 1. The molecule has 0 aliphatic heterocycles. The second-order valence-corrected chi connectivity index (χ2v) is 4.49. The molecule has 0 aliphatic rings. The number of ketones is 1. The number of hydrogen-bond acceptors (Lipinski definition) is 3. The van der Waals surface area contributed by atoms with Crippen LogP contribution < -0.4 is 4.90 Å². The Bertz CT molecular complexity index is 446. The van der Waals surface area contributed by atoms with Crippen molar-refractivity contribution in [3.05, 3.63) is 29.8 Å². The first-order chi connectivity index (χ1) is 8.61. The molecular weight excluding hydrogens is 224 g/mol. The van der Waals surface area contributed by atoms with Crippen molar-refractivity contribution in [2.75, 3.05) is 11.4 Å². The largest absolute Gasteiger partial charge is 0.367 e. The molecule has 0 unspecified atom stereocenters. The third kappa shape index (κ3) is 3.33. The molecule has 3 nitrogen and oxygen atoms in total. The van der Waals surface area contributed by atoms with E-state index in [-0.39, 0.29) is 11.8 Å². The molecule has 0 fully saturated rings. The number of benzene rings is 1. The Morgan fingerprint density at radius 3 is 2.61 bits per heavy atom. The van der Waals surface area contributed by atoms with Crippen molar-refractivity contribution in [3.63, 3.8) is 0 Å². The predicted molar refractivity (Wildman–Crippen MR) is 73.8 cm³/mol. The van der Waals surface area contributed by atoms with E-state index in [0.717, 1.165) is 11.3 Å². The minimum atomic E-state index is 0.146. The molecule has 0 N–H and O–H groups in total. The molecule has 0 heterocycles. The van der Waals surface area contributed by atoms with Crippen molar-refractivity contribution in [2.24, 2.45) is 0 Å². The second-order valence-electron chi connectivity index (χ2n) is 4.49. The van der Waals surface area contributed by atoms with E-state index in [0.29, 0.717) is 19.4 Å². The molecule has 0 amide bonds. The lowest BCUT2D eigenvalue weighted by Crippen LogP contribution is -2.32. The average molecular weight is 244 g/mol. The summed E-state index contributed by atoms with van der Waals surface area (Å²) in [7, 11) is 0. The highest BCUT2D eigenvalue weighted by atomic mass is 16.1. The molecule has 0 bridgehead atoms. The van der Waals surface area contributed by atoms with Crippen molar-refractivity contribution in [1.29, 1.82) is 5.26 Å². The Balaban J connectivity index is 3.11. The van der Waals surface area contributed by atoms with Crippen LogP contribution in [-0.2, 0) is 0 Å². The van der Waals surface area contributed by atoms with Gasteiger partial charge in [-0.3, -0.25) is 4.79 Å². The van der Waals surface area contributed by atoms with Gasteiger partial charge in [0, 0.05) is 30.3 Å². The Morgan fingerprint density at radius 2 is 2.06 bits per heavy atom. The Kier molecular flexibility index (Phi) is 5.38. The van der Waals surface area contributed by atoms with Crippen LogP contribution in [0.25, 0.3) is 0 Å². The lowest BCUT2D eigenvalue weighted by Gasteiger charge is -2.29. The molecule has 0 saturated heterocycles. The number of carbonyl (C=O) groups is 1. The van der Waals surface area contributed by atoms with Crippen molar-refractivity contribution < 1.29 is 4.79 Å². The lowest BCUT2D eigenvalue weighted by atomic mass is 10.0. The molecule has 18 heavy (non-hydrogen) atoms. The molecule has 0 aliphatic carbocycles. The zero-order valence-electron chi connectivity index (χ0n) is 11.3. The summed E-state index contributed by atoms with van der Waals surface area (Å²) in [5.41, 5.74) is 1.70. The van der Waals surface area contributed by atoms with Gasteiger partial charge in [0.05, 0.1) is 12.5 Å². The molecule has 1 rings (SSSR count). The maximum Gasteiger partial charge on any atom is 0.164 e. The molecule has 3 heteroatoms. The normalized spacial score (nSPS) is 10.2. The van der Waals surface area contributed by atoms with E-state index < -0.39 is 0 Å². The summed E-state index contributed by atoms with van der Waals surface area (Å²) in [5.74, 6) is 0.146. The average Bonchev–Trinajstić information content (AvgIpc) is 2.38. The van der Waals surface area contributed by atoms with Gasteiger partial charge >= 0.3 is 0 Å². The topological polar surface area (TPSA) is 44.1 Å². The number of para-hydroxylation sites is 1. The van der Waals surface area contributed by atoms with E-state index in [1.165, 1.54) is 0 Å². The highest BCUT2D eigenvalue weighted by Crippen LogP contribution is 2.24. The molecule has 0 aromatic heterocycles. The maximum absolute atomic E-state index is 11.9. The van der Waals surface area contributed by atoms with Crippen LogP contribution in [0.5, 0.6) is 0 Å². The molecular formula is C15H20N2O. The molecule has 0 atom stereocenters. The van der Waals surface area contributed by atoms with Crippen LogP contribution in [0.1, 0.15) is 44.0 Å². The number of nitriles is 1. The fourth-order valence-corrected chi connectivity index (χ4v) is 1.98. The van der Waals surface area contributed by atoms with Gasteiger partial charge in [-0.2, -0.15) is 5.26 Å². The first-order valence-corrected chi connectivity index (χ1v) is 6.37. The van der Waals surface area contributed by atoms with E-state index in [4.69, 9.17) is 5.26 Å². The fraction of sp³-hybridized carbons (Fsp3) is 0.467. The monoisotopic (exact) mass is 244 g/mol. The highest BCUT2D eigenvalue weighted by Gasteiger charge is 2.16. The van der Waals surface area contributed by atoms with E-state index in [1.54, 1.807) is 0 Å². The quantitative estimate of drug-likeness (QED) is 0.720. The highest BCUT2D eigenvalue weighted by molar-refractivity contribution is 6.01. The number of carbonyl (C=O) groups excluding carboxylic acids is 1. The Hall–Kier alpha value is -1.82. The third-order valence-electron chi connectivity index (χ3n) is 2.92. The van der Waals surface area contributed by atoms with Crippen LogP contribution in [0.15, 0.2) is 24.3 Å².